The van der Waals surface area contributed by atoms with Crippen LogP contribution in [0, 0.1) is 5.92 Å². The number of para-hydroxylation sites is 1. The number of carbonyl (C=O) groups excluding carboxylic acids is 2. The smallest absolute Gasteiger partial charge is 0.278 e. The van der Waals surface area contributed by atoms with Crippen molar-refractivity contribution in [3.63, 3.8) is 0 Å². The van der Waals surface area contributed by atoms with Crippen molar-refractivity contribution in [3.8, 4) is 11.5 Å². The van der Waals surface area contributed by atoms with Crippen LogP contribution in [0.1, 0.15) is 5.56 Å². The molecule has 0 aliphatic carbocycles. The summed E-state index contributed by atoms with van der Waals surface area (Å²) in [6, 6.07) is 12.2. The average molecular weight is 431 g/mol. The molecule has 2 aromatic carbocycles. The summed E-state index contributed by atoms with van der Waals surface area (Å²) in [5.74, 6) is -0.712. The molecular weight excluding hydrogens is 416 g/mol. The number of carbonyl (C=O) groups is 2. The Morgan fingerprint density at radius 3 is 2.44 bits per heavy atom. The third-order valence-corrected chi connectivity index (χ3v) is 5.10. The van der Waals surface area contributed by atoms with Crippen LogP contribution in [0.3, 0.4) is 0 Å². The zero-order valence-electron chi connectivity index (χ0n) is 14.5. The molecule has 1 fully saturated rings. The molecule has 0 bridgehead atoms. The highest BCUT2D eigenvalue weighted by molar-refractivity contribution is 9.10. The van der Waals surface area contributed by atoms with Gasteiger partial charge in [0.1, 0.15) is 11.6 Å². The van der Waals surface area contributed by atoms with Gasteiger partial charge in [-0.25, -0.2) is 4.90 Å². The second-order valence-corrected chi connectivity index (χ2v) is 6.93. The van der Waals surface area contributed by atoms with E-state index in [9.17, 15) is 9.59 Å². The van der Waals surface area contributed by atoms with E-state index in [4.69, 9.17) is 14.3 Å². The molecule has 1 saturated heterocycles. The normalized spacial score (nSPS) is 21.0. The number of hydrogen-bond donors (Lipinski definition) is 0. The lowest BCUT2D eigenvalue weighted by Crippen LogP contribution is -2.33. The van der Waals surface area contributed by atoms with Gasteiger partial charge in [-0.2, -0.15) is 0 Å². The van der Waals surface area contributed by atoms with Crippen molar-refractivity contribution in [2.24, 2.45) is 11.1 Å². The van der Waals surface area contributed by atoms with E-state index >= 15 is 0 Å². The maximum Gasteiger partial charge on any atom is 0.278 e. The van der Waals surface area contributed by atoms with Gasteiger partial charge in [-0.3, -0.25) is 9.59 Å². The third-order valence-electron chi connectivity index (χ3n) is 4.58. The van der Waals surface area contributed by atoms with Crippen LogP contribution in [0.5, 0.6) is 11.5 Å². The number of benzene rings is 2. The highest BCUT2D eigenvalue weighted by Crippen LogP contribution is 2.39. The number of imide groups is 1. The fourth-order valence-corrected chi connectivity index (χ4v) is 3.60. The van der Waals surface area contributed by atoms with E-state index in [1.165, 1.54) is 14.2 Å². The number of halogens is 1. The van der Waals surface area contributed by atoms with Gasteiger partial charge < -0.3 is 14.3 Å². The molecule has 0 spiro atoms. The van der Waals surface area contributed by atoms with Crippen LogP contribution in [0.4, 0.5) is 5.69 Å². The molecule has 2 heterocycles. The molecule has 27 heavy (non-hydrogen) atoms. The van der Waals surface area contributed by atoms with Crippen LogP contribution in [0.2, 0.25) is 0 Å². The third kappa shape index (κ3) is 2.68. The first-order chi connectivity index (χ1) is 13.1. The number of hydrogen-bond acceptors (Lipinski definition) is 6. The summed E-state index contributed by atoms with van der Waals surface area (Å²) in [4.78, 5) is 32.3. The molecular formula is C19H15BrN2O5. The Hall–Kier alpha value is -2.87. The second kappa shape index (κ2) is 6.70. The van der Waals surface area contributed by atoms with E-state index < -0.39 is 17.9 Å². The number of anilines is 1. The molecule has 2 aromatic rings. The number of rotatable bonds is 4. The maximum absolute atomic E-state index is 13.1. The molecule has 0 N–H and O–H groups in total. The summed E-state index contributed by atoms with van der Waals surface area (Å²) in [5.41, 5.74) is 1.40. The van der Waals surface area contributed by atoms with E-state index in [0.29, 0.717) is 28.5 Å². The SMILES string of the molecule is COc1cccc(C2=NO[C@@H]3C(=O)N(c4ccc(Br)cc4)C(=O)[C@H]23)c1OC. The van der Waals surface area contributed by atoms with Crippen LogP contribution in [0.15, 0.2) is 52.1 Å². The second-order valence-electron chi connectivity index (χ2n) is 6.01. The quantitative estimate of drug-likeness (QED) is 0.696. The summed E-state index contributed by atoms with van der Waals surface area (Å²) in [6.45, 7) is 0. The summed E-state index contributed by atoms with van der Waals surface area (Å²) in [5, 5.41) is 4.02. The first kappa shape index (κ1) is 17.5. The molecule has 138 valence electrons. The highest BCUT2D eigenvalue weighted by atomic mass is 79.9. The fourth-order valence-electron chi connectivity index (χ4n) is 3.33. The Kier molecular flexibility index (Phi) is 4.35. The van der Waals surface area contributed by atoms with Crippen LogP contribution in [-0.4, -0.2) is 37.8 Å². The first-order valence-corrected chi connectivity index (χ1v) is 8.94. The number of ether oxygens (including phenoxy) is 2. The molecule has 7 nitrogen and oxygen atoms in total. The number of methoxy groups -OCH3 is 2. The van der Waals surface area contributed by atoms with Gasteiger partial charge in [0, 0.05) is 10.0 Å². The van der Waals surface area contributed by atoms with Crippen molar-refractivity contribution in [2.75, 3.05) is 19.1 Å². The Morgan fingerprint density at radius 1 is 1.04 bits per heavy atom. The van der Waals surface area contributed by atoms with Crippen molar-refractivity contribution in [1.29, 1.82) is 0 Å². The van der Waals surface area contributed by atoms with Gasteiger partial charge in [-0.05, 0) is 36.4 Å². The molecule has 0 unspecified atom stereocenters. The minimum absolute atomic E-state index is 0.355. The summed E-state index contributed by atoms with van der Waals surface area (Å²) in [7, 11) is 3.03. The van der Waals surface area contributed by atoms with Gasteiger partial charge in [-0.15, -0.1) is 0 Å². The Morgan fingerprint density at radius 2 is 1.78 bits per heavy atom. The number of nitrogens with zero attached hydrogens (tertiary/aromatic N) is 2. The molecule has 8 heteroatoms. The van der Waals surface area contributed by atoms with E-state index in [2.05, 4.69) is 21.1 Å². The molecule has 2 atom stereocenters. The van der Waals surface area contributed by atoms with E-state index in [-0.39, 0.29) is 5.91 Å². The van der Waals surface area contributed by atoms with Crippen LogP contribution in [-0.2, 0) is 14.4 Å². The Bertz CT molecular complexity index is 957. The molecule has 0 aromatic heterocycles. The fraction of sp³-hybridized carbons (Fsp3) is 0.211. The Labute approximate surface area is 163 Å². The van der Waals surface area contributed by atoms with E-state index in [1.54, 1.807) is 42.5 Å². The van der Waals surface area contributed by atoms with Gasteiger partial charge in [0.15, 0.2) is 11.5 Å². The standard InChI is InChI=1S/C19H15BrN2O5/c1-25-13-5-3-4-12(16(13)26-2)15-14-17(27-21-15)19(24)22(18(14)23)11-8-6-10(20)7-9-11/h3-9,14,17H,1-2H3/t14-,17+/m1/s1. The van der Waals surface area contributed by atoms with Crippen LogP contribution < -0.4 is 14.4 Å². The lowest BCUT2D eigenvalue weighted by Gasteiger charge is -2.16. The number of fused-ring (bicyclic) bond motifs is 1. The summed E-state index contributed by atoms with van der Waals surface area (Å²) < 4.78 is 11.6. The highest BCUT2D eigenvalue weighted by Gasteiger charge is 2.56. The molecule has 2 aliphatic heterocycles. The topological polar surface area (TPSA) is 77.4 Å². The molecule has 2 aliphatic rings. The predicted octanol–water partition coefficient (Wildman–Crippen LogP) is 2.76. The molecule has 0 saturated carbocycles. The zero-order chi connectivity index (χ0) is 19.1. The van der Waals surface area contributed by atoms with Gasteiger partial charge in [0.25, 0.3) is 5.91 Å². The van der Waals surface area contributed by atoms with Gasteiger partial charge in [-0.1, -0.05) is 27.2 Å². The summed E-state index contributed by atoms with van der Waals surface area (Å²) in [6.07, 6.45) is -0.980. The van der Waals surface area contributed by atoms with Crippen molar-refractivity contribution in [1.82, 2.24) is 0 Å². The minimum Gasteiger partial charge on any atom is -0.493 e. The minimum atomic E-state index is -0.980. The number of amides is 2. The molecule has 4 rings (SSSR count). The van der Waals surface area contributed by atoms with Crippen molar-refractivity contribution < 1.29 is 23.9 Å². The van der Waals surface area contributed by atoms with Crippen molar-refractivity contribution in [2.45, 2.75) is 6.10 Å². The maximum atomic E-state index is 13.1. The zero-order valence-corrected chi connectivity index (χ0v) is 16.1. The van der Waals surface area contributed by atoms with E-state index in [1.807, 2.05) is 0 Å². The van der Waals surface area contributed by atoms with Crippen molar-refractivity contribution >= 4 is 39.1 Å². The van der Waals surface area contributed by atoms with Gasteiger partial charge in [0.2, 0.25) is 12.0 Å². The average Bonchev–Trinajstić information content (AvgIpc) is 3.22. The van der Waals surface area contributed by atoms with Gasteiger partial charge in [0.05, 0.1) is 19.9 Å². The van der Waals surface area contributed by atoms with Crippen LogP contribution >= 0.6 is 15.9 Å². The Balaban J connectivity index is 1.74. The lowest BCUT2D eigenvalue weighted by molar-refractivity contribution is -0.126. The monoisotopic (exact) mass is 430 g/mol. The van der Waals surface area contributed by atoms with Crippen molar-refractivity contribution in [3.05, 3.63) is 52.5 Å². The lowest BCUT2D eigenvalue weighted by atomic mass is 9.93. The molecule has 0 radical (unpaired) electrons. The predicted molar refractivity (Wildman–Crippen MR) is 101 cm³/mol. The largest absolute Gasteiger partial charge is 0.493 e. The van der Waals surface area contributed by atoms with E-state index in [0.717, 1.165) is 9.37 Å². The molecule has 2 amide bonds. The summed E-state index contributed by atoms with van der Waals surface area (Å²) >= 11 is 3.34. The van der Waals surface area contributed by atoms with Gasteiger partial charge >= 0.3 is 0 Å². The number of oxime groups is 1. The van der Waals surface area contributed by atoms with Crippen LogP contribution in [0.25, 0.3) is 0 Å². The first-order valence-electron chi connectivity index (χ1n) is 8.15.